The number of nitrogen functional groups attached to an aromatic ring is 1. The number of anilines is 1. The number of aromatic nitrogens is 1. The van der Waals surface area contributed by atoms with Gasteiger partial charge in [-0.25, -0.2) is 4.39 Å². The summed E-state index contributed by atoms with van der Waals surface area (Å²) >= 11 is 0. The number of ether oxygens (including phenoxy) is 1. The third-order valence-corrected chi connectivity index (χ3v) is 3.09. The zero-order valence-electron chi connectivity index (χ0n) is 10.9. The average molecular weight is 268 g/mol. The zero-order valence-corrected chi connectivity index (χ0v) is 10.9. The van der Waals surface area contributed by atoms with Crippen molar-refractivity contribution in [3.8, 4) is 11.5 Å². The molecule has 3 rings (SSSR count). The van der Waals surface area contributed by atoms with Crippen molar-refractivity contribution in [1.29, 1.82) is 0 Å². The molecule has 20 heavy (non-hydrogen) atoms. The maximum Gasteiger partial charge on any atom is 0.165 e. The maximum absolute atomic E-state index is 13.7. The van der Waals surface area contributed by atoms with Gasteiger partial charge in [0.1, 0.15) is 5.75 Å². The van der Waals surface area contributed by atoms with Crippen LogP contribution in [0.4, 0.5) is 10.1 Å². The number of aryl methyl sites for hydroxylation is 1. The second kappa shape index (κ2) is 4.81. The first-order chi connectivity index (χ1) is 9.65. The fourth-order valence-electron chi connectivity index (χ4n) is 2.07. The summed E-state index contributed by atoms with van der Waals surface area (Å²) in [6.07, 6.45) is 1.70. The molecule has 1 aromatic heterocycles. The summed E-state index contributed by atoms with van der Waals surface area (Å²) in [5.41, 5.74) is 7.40. The van der Waals surface area contributed by atoms with E-state index in [2.05, 4.69) is 4.98 Å². The van der Waals surface area contributed by atoms with E-state index < -0.39 is 5.82 Å². The lowest BCUT2D eigenvalue weighted by molar-refractivity contribution is 0.446. The van der Waals surface area contributed by atoms with Crippen LogP contribution in [-0.4, -0.2) is 4.98 Å². The second-order valence-corrected chi connectivity index (χ2v) is 4.56. The van der Waals surface area contributed by atoms with Crippen molar-refractivity contribution < 1.29 is 9.13 Å². The summed E-state index contributed by atoms with van der Waals surface area (Å²) < 4.78 is 19.3. The lowest BCUT2D eigenvalue weighted by Gasteiger charge is -2.11. The molecule has 0 saturated carbocycles. The zero-order chi connectivity index (χ0) is 14.1. The molecule has 3 aromatic rings. The van der Waals surface area contributed by atoms with Crippen LogP contribution < -0.4 is 10.5 Å². The number of nitrogens with zero attached hydrogens (tertiary/aromatic N) is 1. The number of hydrogen-bond acceptors (Lipinski definition) is 3. The average Bonchev–Trinajstić information content (AvgIpc) is 2.44. The van der Waals surface area contributed by atoms with Crippen molar-refractivity contribution in [2.75, 3.05) is 5.73 Å². The molecule has 0 fully saturated rings. The molecule has 0 unspecified atom stereocenters. The highest BCUT2D eigenvalue weighted by molar-refractivity contribution is 5.96. The number of benzene rings is 2. The lowest BCUT2D eigenvalue weighted by Crippen LogP contribution is -1.93. The highest BCUT2D eigenvalue weighted by Gasteiger charge is 2.09. The summed E-state index contributed by atoms with van der Waals surface area (Å²) in [4.78, 5) is 4.22. The molecule has 0 saturated heterocycles. The normalized spacial score (nSPS) is 10.7. The van der Waals surface area contributed by atoms with E-state index in [1.165, 1.54) is 6.07 Å². The van der Waals surface area contributed by atoms with Gasteiger partial charge in [0.25, 0.3) is 0 Å². The Morgan fingerprint density at radius 2 is 1.85 bits per heavy atom. The quantitative estimate of drug-likeness (QED) is 0.713. The van der Waals surface area contributed by atoms with Crippen LogP contribution in [0.3, 0.4) is 0 Å². The van der Waals surface area contributed by atoms with E-state index >= 15 is 0 Å². The van der Waals surface area contributed by atoms with Crippen LogP contribution in [0.15, 0.2) is 48.7 Å². The molecule has 0 spiro atoms. The molecule has 0 aliphatic carbocycles. The molecule has 2 aromatic carbocycles. The van der Waals surface area contributed by atoms with Crippen molar-refractivity contribution >= 4 is 16.5 Å². The first-order valence-electron chi connectivity index (χ1n) is 6.22. The largest absolute Gasteiger partial charge is 0.454 e. The molecule has 0 bridgehead atoms. The molecule has 0 atom stereocenters. The Balaban J connectivity index is 2.15. The number of fused-ring (bicyclic) bond motifs is 1. The van der Waals surface area contributed by atoms with E-state index in [9.17, 15) is 4.39 Å². The lowest BCUT2D eigenvalue weighted by atomic mass is 10.1. The summed E-state index contributed by atoms with van der Waals surface area (Å²) in [6.45, 7) is 1.88. The molecule has 0 aliphatic rings. The van der Waals surface area contributed by atoms with Crippen LogP contribution >= 0.6 is 0 Å². The SMILES string of the molecule is Cc1cc2c(Oc3ccccc3F)ccc(N)c2cn1. The Morgan fingerprint density at radius 3 is 2.65 bits per heavy atom. The Kier molecular flexibility index (Phi) is 2.99. The van der Waals surface area contributed by atoms with Gasteiger partial charge in [-0.2, -0.15) is 0 Å². The third kappa shape index (κ3) is 2.16. The van der Waals surface area contributed by atoms with Crippen LogP contribution in [0, 0.1) is 12.7 Å². The molecular weight excluding hydrogens is 255 g/mol. The van der Waals surface area contributed by atoms with Gasteiger partial charge in [0.2, 0.25) is 0 Å². The van der Waals surface area contributed by atoms with E-state index in [1.807, 2.05) is 13.0 Å². The highest BCUT2D eigenvalue weighted by Crippen LogP contribution is 2.33. The standard InChI is InChI=1S/C16H13FN2O/c1-10-8-11-12(9-19-10)14(18)6-7-15(11)20-16-5-3-2-4-13(16)17/h2-9H,18H2,1H3. The van der Waals surface area contributed by atoms with Gasteiger partial charge in [-0.05, 0) is 37.3 Å². The number of nitrogens with two attached hydrogens (primary N) is 1. The minimum absolute atomic E-state index is 0.188. The highest BCUT2D eigenvalue weighted by atomic mass is 19.1. The monoisotopic (exact) mass is 268 g/mol. The van der Waals surface area contributed by atoms with Crippen molar-refractivity contribution in [2.24, 2.45) is 0 Å². The molecular formula is C16H13FN2O. The van der Waals surface area contributed by atoms with Gasteiger partial charge >= 0.3 is 0 Å². The minimum Gasteiger partial charge on any atom is -0.454 e. The summed E-state index contributed by atoms with van der Waals surface area (Å²) in [7, 11) is 0. The Bertz CT molecular complexity index is 787. The number of pyridine rings is 1. The van der Waals surface area contributed by atoms with Crippen LogP contribution in [-0.2, 0) is 0 Å². The maximum atomic E-state index is 13.7. The summed E-state index contributed by atoms with van der Waals surface area (Å²) in [6, 6.07) is 11.6. The first-order valence-corrected chi connectivity index (χ1v) is 6.22. The van der Waals surface area contributed by atoms with Crippen LogP contribution in [0.5, 0.6) is 11.5 Å². The molecule has 2 N–H and O–H groups in total. The second-order valence-electron chi connectivity index (χ2n) is 4.56. The fraction of sp³-hybridized carbons (Fsp3) is 0.0625. The molecule has 1 heterocycles. The smallest absolute Gasteiger partial charge is 0.165 e. The van der Waals surface area contributed by atoms with Gasteiger partial charge in [-0.3, -0.25) is 4.98 Å². The van der Waals surface area contributed by atoms with Crippen LogP contribution in [0.25, 0.3) is 10.8 Å². The van der Waals surface area contributed by atoms with Gasteiger partial charge in [-0.1, -0.05) is 12.1 Å². The topological polar surface area (TPSA) is 48.1 Å². The van der Waals surface area contributed by atoms with E-state index in [0.29, 0.717) is 11.4 Å². The Labute approximate surface area is 115 Å². The Hall–Kier alpha value is -2.62. The van der Waals surface area contributed by atoms with Gasteiger partial charge in [-0.15, -0.1) is 0 Å². The van der Waals surface area contributed by atoms with Crippen LogP contribution in [0.1, 0.15) is 5.69 Å². The molecule has 0 amide bonds. The van der Waals surface area contributed by atoms with E-state index in [0.717, 1.165) is 16.5 Å². The molecule has 3 nitrogen and oxygen atoms in total. The van der Waals surface area contributed by atoms with Gasteiger partial charge in [0.05, 0.1) is 0 Å². The number of halogens is 1. The molecule has 0 radical (unpaired) electrons. The van der Waals surface area contributed by atoms with Crippen molar-refractivity contribution in [2.45, 2.75) is 6.92 Å². The number of para-hydroxylation sites is 1. The van der Waals surface area contributed by atoms with E-state index in [1.54, 1.807) is 36.5 Å². The van der Waals surface area contributed by atoms with Gasteiger partial charge in [0, 0.05) is 28.4 Å². The predicted molar refractivity (Wildman–Crippen MR) is 77.4 cm³/mol. The predicted octanol–water partition coefficient (Wildman–Crippen LogP) is 4.06. The number of rotatable bonds is 2. The molecule has 100 valence electrons. The van der Waals surface area contributed by atoms with Crippen LogP contribution in [0.2, 0.25) is 0 Å². The molecule has 0 aliphatic heterocycles. The summed E-state index contributed by atoms with van der Waals surface area (Å²) in [5.74, 6) is 0.348. The van der Waals surface area contributed by atoms with Crippen molar-refractivity contribution in [3.05, 3.63) is 60.2 Å². The molecule has 4 heteroatoms. The van der Waals surface area contributed by atoms with Gasteiger partial charge in [0.15, 0.2) is 11.6 Å². The van der Waals surface area contributed by atoms with E-state index in [-0.39, 0.29) is 5.75 Å². The van der Waals surface area contributed by atoms with Gasteiger partial charge < -0.3 is 10.5 Å². The van der Waals surface area contributed by atoms with Crippen molar-refractivity contribution in [1.82, 2.24) is 4.98 Å². The Morgan fingerprint density at radius 1 is 1.05 bits per heavy atom. The minimum atomic E-state index is -0.400. The third-order valence-electron chi connectivity index (χ3n) is 3.09. The van der Waals surface area contributed by atoms with E-state index in [4.69, 9.17) is 10.5 Å². The number of hydrogen-bond donors (Lipinski definition) is 1. The van der Waals surface area contributed by atoms with Crippen molar-refractivity contribution in [3.63, 3.8) is 0 Å². The summed E-state index contributed by atoms with van der Waals surface area (Å²) in [5, 5.41) is 1.62. The first kappa shape index (κ1) is 12.4. The fourth-order valence-corrected chi connectivity index (χ4v) is 2.07.